The van der Waals surface area contributed by atoms with E-state index in [0.29, 0.717) is 5.56 Å². The van der Waals surface area contributed by atoms with E-state index >= 15 is 0 Å². The van der Waals surface area contributed by atoms with Crippen LogP contribution in [0.3, 0.4) is 0 Å². The third kappa shape index (κ3) is 3.72. The van der Waals surface area contributed by atoms with Gasteiger partial charge in [-0.05, 0) is 39.1 Å². The number of hydrogen-bond donors (Lipinski definition) is 0. The molecule has 1 fully saturated rings. The van der Waals surface area contributed by atoms with Gasteiger partial charge in [0.05, 0.1) is 23.0 Å². The third-order valence-corrected chi connectivity index (χ3v) is 6.16. The zero-order valence-corrected chi connectivity index (χ0v) is 18.5. The second kappa shape index (κ2) is 8.45. The van der Waals surface area contributed by atoms with Crippen molar-refractivity contribution in [3.05, 3.63) is 72.1 Å². The van der Waals surface area contributed by atoms with Crippen LogP contribution in [-0.2, 0) is 0 Å². The fourth-order valence-electron chi connectivity index (χ4n) is 4.33. The third-order valence-electron chi connectivity index (χ3n) is 6.16. The summed E-state index contributed by atoms with van der Waals surface area (Å²) in [5, 5.41) is 9.24. The Morgan fingerprint density at radius 1 is 0.906 bits per heavy atom. The molecule has 0 aliphatic carbocycles. The van der Waals surface area contributed by atoms with Gasteiger partial charge in [-0.1, -0.05) is 42.0 Å². The maximum absolute atomic E-state index is 9.24. The Morgan fingerprint density at radius 2 is 1.66 bits per heavy atom. The molecule has 6 heteroatoms. The molecule has 2 aromatic heterocycles. The van der Waals surface area contributed by atoms with Crippen LogP contribution in [0.4, 0.5) is 5.82 Å². The highest BCUT2D eigenvalue weighted by atomic mass is 15.3. The predicted molar refractivity (Wildman–Crippen MR) is 128 cm³/mol. The number of likely N-dealkylation sites (N-methyl/N-ethyl adjacent to an activating group) is 1. The minimum Gasteiger partial charge on any atom is -0.352 e. The van der Waals surface area contributed by atoms with Crippen LogP contribution in [0.1, 0.15) is 17.5 Å². The molecule has 160 valence electrons. The van der Waals surface area contributed by atoms with Crippen molar-refractivity contribution in [1.82, 2.24) is 19.3 Å². The zero-order valence-electron chi connectivity index (χ0n) is 18.5. The van der Waals surface area contributed by atoms with E-state index < -0.39 is 0 Å². The largest absolute Gasteiger partial charge is 0.352 e. The van der Waals surface area contributed by atoms with Crippen molar-refractivity contribution in [1.29, 1.82) is 5.26 Å². The summed E-state index contributed by atoms with van der Waals surface area (Å²) in [6.07, 6.45) is 4.97. The van der Waals surface area contributed by atoms with Crippen LogP contribution in [0.25, 0.3) is 28.2 Å². The Bertz CT molecular complexity index is 1280. The second-order valence-corrected chi connectivity index (χ2v) is 8.45. The summed E-state index contributed by atoms with van der Waals surface area (Å²) in [5.41, 5.74) is 6.73. The fourth-order valence-corrected chi connectivity index (χ4v) is 4.33. The average Bonchev–Trinajstić information content (AvgIpc) is 3.21. The SMILES string of the molecule is Cc1ccc(-c2c(-c3ccc(C#N)cc3)nc(N3CCCN(C)CC3)c3nccn23)cc1. The van der Waals surface area contributed by atoms with Gasteiger partial charge < -0.3 is 9.80 Å². The van der Waals surface area contributed by atoms with Crippen molar-refractivity contribution in [2.24, 2.45) is 0 Å². The molecule has 0 atom stereocenters. The Morgan fingerprint density at radius 3 is 2.41 bits per heavy atom. The molecule has 0 spiro atoms. The molecule has 0 bridgehead atoms. The van der Waals surface area contributed by atoms with Gasteiger partial charge in [0.15, 0.2) is 11.5 Å². The van der Waals surface area contributed by atoms with E-state index in [1.807, 2.05) is 36.7 Å². The number of nitriles is 1. The van der Waals surface area contributed by atoms with Crippen molar-refractivity contribution < 1.29 is 0 Å². The summed E-state index contributed by atoms with van der Waals surface area (Å²) in [6, 6.07) is 18.4. The molecular weight excluding hydrogens is 396 g/mol. The Kier molecular flexibility index (Phi) is 5.34. The molecule has 5 rings (SSSR count). The van der Waals surface area contributed by atoms with Gasteiger partial charge in [0.25, 0.3) is 0 Å². The highest BCUT2D eigenvalue weighted by Crippen LogP contribution is 2.35. The summed E-state index contributed by atoms with van der Waals surface area (Å²) >= 11 is 0. The van der Waals surface area contributed by atoms with E-state index in [-0.39, 0.29) is 0 Å². The van der Waals surface area contributed by atoms with Crippen molar-refractivity contribution >= 4 is 11.5 Å². The predicted octanol–water partition coefficient (Wildman–Crippen LogP) is 4.39. The quantitative estimate of drug-likeness (QED) is 0.490. The van der Waals surface area contributed by atoms with Crippen LogP contribution in [0.15, 0.2) is 60.9 Å². The van der Waals surface area contributed by atoms with E-state index in [1.165, 1.54) is 5.56 Å². The monoisotopic (exact) mass is 422 g/mol. The lowest BCUT2D eigenvalue weighted by Crippen LogP contribution is -2.30. The normalized spacial score (nSPS) is 15.0. The van der Waals surface area contributed by atoms with Gasteiger partial charge in [-0.15, -0.1) is 0 Å². The number of benzene rings is 2. The second-order valence-electron chi connectivity index (χ2n) is 8.45. The molecule has 1 aliphatic heterocycles. The first-order valence-electron chi connectivity index (χ1n) is 11.0. The first-order valence-corrected chi connectivity index (χ1v) is 11.0. The van der Waals surface area contributed by atoms with E-state index in [4.69, 9.17) is 9.97 Å². The van der Waals surface area contributed by atoms with E-state index in [2.05, 4.69) is 58.5 Å². The first kappa shape index (κ1) is 20.2. The molecule has 0 unspecified atom stereocenters. The number of hydrogen-bond acceptors (Lipinski definition) is 5. The highest BCUT2D eigenvalue weighted by molar-refractivity contribution is 5.84. The van der Waals surface area contributed by atoms with Crippen molar-refractivity contribution in [3.8, 4) is 28.6 Å². The van der Waals surface area contributed by atoms with Crippen LogP contribution in [-0.4, -0.2) is 52.5 Å². The first-order chi connectivity index (χ1) is 15.6. The molecular formula is C26H26N6. The molecule has 6 nitrogen and oxygen atoms in total. The highest BCUT2D eigenvalue weighted by Gasteiger charge is 2.22. The molecule has 1 saturated heterocycles. The van der Waals surface area contributed by atoms with Crippen molar-refractivity contribution in [3.63, 3.8) is 0 Å². The van der Waals surface area contributed by atoms with Gasteiger partial charge in [0.2, 0.25) is 0 Å². The molecule has 0 amide bonds. The Labute approximate surface area is 188 Å². The molecule has 0 radical (unpaired) electrons. The molecule has 0 saturated carbocycles. The summed E-state index contributed by atoms with van der Waals surface area (Å²) in [4.78, 5) is 14.7. The summed E-state index contributed by atoms with van der Waals surface area (Å²) < 4.78 is 2.16. The average molecular weight is 423 g/mol. The van der Waals surface area contributed by atoms with Crippen molar-refractivity contribution in [2.75, 3.05) is 38.1 Å². The topological polar surface area (TPSA) is 60.5 Å². The van der Waals surface area contributed by atoms with Gasteiger partial charge in [0, 0.05) is 43.2 Å². The lowest BCUT2D eigenvalue weighted by atomic mass is 10.0. The van der Waals surface area contributed by atoms with E-state index in [1.54, 1.807) is 0 Å². The number of nitrogens with zero attached hydrogens (tertiary/aromatic N) is 6. The van der Waals surface area contributed by atoms with E-state index in [0.717, 1.165) is 66.6 Å². The van der Waals surface area contributed by atoms with Gasteiger partial charge in [-0.3, -0.25) is 4.40 Å². The van der Waals surface area contributed by atoms with E-state index in [9.17, 15) is 5.26 Å². The van der Waals surface area contributed by atoms with Crippen LogP contribution >= 0.6 is 0 Å². The summed E-state index contributed by atoms with van der Waals surface area (Å²) in [6.45, 7) is 6.06. The summed E-state index contributed by atoms with van der Waals surface area (Å²) in [5.74, 6) is 0.917. The number of fused-ring (bicyclic) bond motifs is 1. The smallest absolute Gasteiger partial charge is 0.180 e. The number of aromatic nitrogens is 3. The molecule has 2 aromatic carbocycles. The standard InChI is InChI=1S/C26H26N6/c1-19-4-8-22(9-5-19)24-23(21-10-6-20(18-27)7-11-21)29-26(25-28-12-15-32(24)25)31-14-3-13-30(2)16-17-31/h4-12,15H,3,13-14,16-17H2,1-2H3. The molecule has 1 aliphatic rings. The maximum Gasteiger partial charge on any atom is 0.180 e. The minimum absolute atomic E-state index is 0.644. The fraction of sp³-hybridized carbons (Fsp3) is 0.269. The molecule has 32 heavy (non-hydrogen) atoms. The van der Waals surface area contributed by atoms with Gasteiger partial charge >= 0.3 is 0 Å². The number of anilines is 1. The molecule has 3 heterocycles. The van der Waals surface area contributed by atoms with Gasteiger partial charge in [-0.2, -0.15) is 5.26 Å². The lowest BCUT2D eigenvalue weighted by Gasteiger charge is -2.24. The number of rotatable bonds is 3. The van der Waals surface area contributed by atoms with Gasteiger partial charge in [0.1, 0.15) is 0 Å². The lowest BCUT2D eigenvalue weighted by molar-refractivity contribution is 0.360. The Hall–Kier alpha value is -3.69. The molecule has 0 N–H and O–H groups in total. The summed E-state index contributed by atoms with van der Waals surface area (Å²) in [7, 11) is 2.17. The Balaban J connectivity index is 1.75. The van der Waals surface area contributed by atoms with Crippen LogP contribution in [0, 0.1) is 18.3 Å². The number of imidazole rings is 1. The molecule has 4 aromatic rings. The van der Waals surface area contributed by atoms with Crippen LogP contribution in [0.2, 0.25) is 0 Å². The van der Waals surface area contributed by atoms with Crippen molar-refractivity contribution in [2.45, 2.75) is 13.3 Å². The zero-order chi connectivity index (χ0) is 22.1. The number of aryl methyl sites for hydroxylation is 1. The maximum atomic E-state index is 9.24. The van der Waals surface area contributed by atoms with Crippen LogP contribution in [0.5, 0.6) is 0 Å². The van der Waals surface area contributed by atoms with Crippen LogP contribution < -0.4 is 4.90 Å². The van der Waals surface area contributed by atoms with Gasteiger partial charge in [-0.25, -0.2) is 9.97 Å². The minimum atomic E-state index is 0.644.